The number of aromatic amines is 1. The van der Waals surface area contributed by atoms with Gasteiger partial charge in [0.15, 0.2) is 5.82 Å². The largest absolute Gasteiger partial charge is 0.326 e. The van der Waals surface area contributed by atoms with Crippen LogP contribution in [-0.2, 0) is 6.54 Å². The maximum absolute atomic E-state index is 4.34. The summed E-state index contributed by atoms with van der Waals surface area (Å²) in [5.41, 5.74) is 6.67. The van der Waals surface area contributed by atoms with Crippen LogP contribution < -0.4 is 0 Å². The Morgan fingerprint density at radius 2 is 1.52 bits per heavy atom. The molecule has 0 spiro atoms. The van der Waals surface area contributed by atoms with Gasteiger partial charge in [0.05, 0.1) is 18.2 Å². The van der Waals surface area contributed by atoms with Crippen LogP contribution in [0.15, 0.2) is 91.4 Å². The lowest BCUT2D eigenvalue weighted by Gasteiger charge is -2.11. The second-order valence-corrected chi connectivity index (χ2v) is 6.77. The van der Waals surface area contributed by atoms with Gasteiger partial charge in [-0.2, -0.15) is 0 Å². The Labute approximate surface area is 167 Å². The summed E-state index contributed by atoms with van der Waals surface area (Å²) in [5, 5.41) is 14.3. The van der Waals surface area contributed by atoms with Crippen LogP contribution in [0.1, 0.15) is 5.56 Å². The van der Waals surface area contributed by atoms with Crippen molar-refractivity contribution in [2.45, 2.75) is 6.54 Å². The molecule has 6 nitrogen and oxygen atoms in total. The third-order valence-corrected chi connectivity index (χ3v) is 4.93. The van der Waals surface area contributed by atoms with Gasteiger partial charge in [-0.15, -0.1) is 5.10 Å². The van der Waals surface area contributed by atoms with Crippen molar-refractivity contribution in [2.24, 2.45) is 0 Å². The van der Waals surface area contributed by atoms with Gasteiger partial charge in [-0.25, -0.2) is 10.1 Å². The zero-order chi connectivity index (χ0) is 19.5. The maximum Gasteiger partial charge on any atom is 0.180 e. The van der Waals surface area contributed by atoms with Crippen LogP contribution in [0.5, 0.6) is 0 Å². The molecule has 5 aromatic rings. The minimum atomic E-state index is 0.663. The van der Waals surface area contributed by atoms with Gasteiger partial charge in [-0.3, -0.25) is 0 Å². The maximum atomic E-state index is 4.34. The van der Waals surface area contributed by atoms with Crippen LogP contribution in [0.2, 0.25) is 0 Å². The van der Waals surface area contributed by atoms with Crippen molar-refractivity contribution in [1.29, 1.82) is 0 Å². The number of hydrogen-bond acceptors (Lipinski definition) is 4. The minimum absolute atomic E-state index is 0.663. The van der Waals surface area contributed by atoms with Crippen LogP contribution >= 0.6 is 0 Å². The molecule has 0 radical (unpaired) electrons. The standard InChI is InChI=1S/C23H18N6/c1-2-6-19(7-3-1)22-14-24-16-29(22)15-17-10-12-18(13-11-17)20-8-4-5-9-21(20)23-25-27-28-26-23/h1-14,16H,15H2,(H,25,26,27,28). The van der Waals surface area contributed by atoms with Crippen molar-refractivity contribution in [2.75, 3.05) is 0 Å². The van der Waals surface area contributed by atoms with Crippen molar-refractivity contribution < 1.29 is 0 Å². The number of aromatic nitrogens is 6. The van der Waals surface area contributed by atoms with Crippen molar-refractivity contribution in [3.63, 3.8) is 0 Å². The molecule has 2 aromatic heterocycles. The van der Waals surface area contributed by atoms with E-state index < -0.39 is 0 Å². The monoisotopic (exact) mass is 378 g/mol. The molecule has 0 amide bonds. The molecule has 1 N–H and O–H groups in total. The quantitative estimate of drug-likeness (QED) is 0.491. The lowest BCUT2D eigenvalue weighted by atomic mass is 9.98. The number of nitrogens with one attached hydrogen (secondary N) is 1. The molecule has 0 unspecified atom stereocenters. The second kappa shape index (κ2) is 7.52. The van der Waals surface area contributed by atoms with Gasteiger partial charge >= 0.3 is 0 Å². The van der Waals surface area contributed by atoms with Gasteiger partial charge < -0.3 is 4.57 Å². The molecule has 5 rings (SSSR count). The van der Waals surface area contributed by atoms with Crippen LogP contribution in [0, 0.1) is 0 Å². The molecule has 0 atom stereocenters. The lowest BCUT2D eigenvalue weighted by molar-refractivity contribution is 0.805. The Balaban J connectivity index is 1.43. The summed E-state index contributed by atoms with van der Waals surface area (Å²) in [6.45, 7) is 0.762. The van der Waals surface area contributed by atoms with Gasteiger partial charge in [0, 0.05) is 12.1 Å². The third kappa shape index (κ3) is 3.43. The summed E-state index contributed by atoms with van der Waals surface area (Å²) in [4.78, 5) is 4.34. The number of H-pyrrole nitrogens is 1. The van der Waals surface area contributed by atoms with E-state index in [-0.39, 0.29) is 0 Å². The molecule has 0 aliphatic heterocycles. The Kier molecular flexibility index (Phi) is 4.42. The zero-order valence-corrected chi connectivity index (χ0v) is 15.6. The van der Waals surface area contributed by atoms with Crippen LogP contribution in [0.25, 0.3) is 33.8 Å². The van der Waals surface area contributed by atoms with E-state index in [9.17, 15) is 0 Å². The second-order valence-electron chi connectivity index (χ2n) is 6.77. The average molecular weight is 378 g/mol. The first-order valence-corrected chi connectivity index (χ1v) is 9.36. The van der Waals surface area contributed by atoms with E-state index in [4.69, 9.17) is 0 Å². The summed E-state index contributed by atoms with van der Waals surface area (Å²) >= 11 is 0. The first kappa shape index (κ1) is 17.1. The fraction of sp³-hybridized carbons (Fsp3) is 0.0435. The molecule has 140 valence electrons. The molecule has 0 aliphatic carbocycles. The molecule has 6 heteroatoms. The number of tetrazole rings is 1. The normalized spacial score (nSPS) is 10.9. The third-order valence-electron chi connectivity index (χ3n) is 4.93. The smallest absolute Gasteiger partial charge is 0.180 e. The molecule has 0 saturated heterocycles. The fourth-order valence-corrected chi connectivity index (χ4v) is 3.50. The molecule has 0 aliphatic rings. The number of benzene rings is 3. The van der Waals surface area contributed by atoms with Crippen LogP contribution in [-0.4, -0.2) is 30.2 Å². The van der Waals surface area contributed by atoms with Gasteiger partial charge in [-0.05, 0) is 32.7 Å². The van der Waals surface area contributed by atoms with E-state index in [0.29, 0.717) is 5.82 Å². The number of imidazole rings is 1. The van der Waals surface area contributed by atoms with Crippen molar-refractivity contribution >= 4 is 0 Å². The molecule has 0 bridgehead atoms. The van der Waals surface area contributed by atoms with Crippen molar-refractivity contribution in [3.05, 3.63) is 97.0 Å². The number of rotatable bonds is 5. The van der Waals surface area contributed by atoms with E-state index in [1.54, 1.807) is 0 Å². The Bertz CT molecular complexity index is 1210. The molecular weight excluding hydrogens is 360 g/mol. The van der Waals surface area contributed by atoms with Gasteiger partial charge in [0.25, 0.3) is 0 Å². The molecule has 29 heavy (non-hydrogen) atoms. The Morgan fingerprint density at radius 3 is 2.28 bits per heavy atom. The Morgan fingerprint density at radius 1 is 0.759 bits per heavy atom. The topological polar surface area (TPSA) is 72.3 Å². The van der Waals surface area contributed by atoms with Crippen LogP contribution in [0.4, 0.5) is 0 Å². The summed E-state index contributed by atoms with van der Waals surface area (Å²) in [6, 6.07) is 27.0. The molecule has 3 aromatic carbocycles. The van der Waals surface area contributed by atoms with Crippen LogP contribution in [0.3, 0.4) is 0 Å². The molecule has 0 saturated carbocycles. The minimum Gasteiger partial charge on any atom is -0.326 e. The van der Waals surface area contributed by atoms with E-state index >= 15 is 0 Å². The Hall–Kier alpha value is -4.06. The fourth-order valence-electron chi connectivity index (χ4n) is 3.50. The number of nitrogens with zero attached hydrogens (tertiary/aromatic N) is 5. The van der Waals surface area contributed by atoms with Crippen molar-refractivity contribution in [1.82, 2.24) is 30.2 Å². The summed E-state index contributed by atoms with van der Waals surface area (Å²) < 4.78 is 2.17. The summed E-state index contributed by atoms with van der Waals surface area (Å²) in [6.07, 6.45) is 3.79. The first-order chi connectivity index (χ1) is 14.4. The SMILES string of the molecule is c1ccc(-c2cncn2Cc2ccc(-c3ccccc3-c3nnn[nH]3)cc2)cc1. The predicted octanol–water partition coefficient (Wildman–Crippen LogP) is 4.45. The molecule has 2 heterocycles. The van der Waals surface area contributed by atoms with E-state index in [1.807, 2.05) is 48.9 Å². The van der Waals surface area contributed by atoms with Gasteiger partial charge in [0.1, 0.15) is 0 Å². The highest BCUT2D eigenvalue weighted by Crippen LogP contribution is 2.30. The molecule has 0 fully saturated rings. The lowest BCUT2D eigenvalue weighted by Crippen LogP contribution is -2.00. The highest BCUT2D eigenvalue weighted by atomic mass is 15.5. The van der Waals surface area contributed by atoms with E-state index in [2.05, 4.69) is 72.6 Å². The van der Waals surface area contributed by atoms with E-state index in [1.165, 1.54) is 5.56 Å². The first-order valence-electron chi connectivity index (χ1n) is 9.36. The average Bonchev–Trinajstić information content (AvgIpc) is 3.47. The predicted molar refractivity (Wildman–Crippen MR) is 112 cm³/mol. The summed E-state index contributed by atoms with van der Waals surface area (Å²) in [7, 11) is 0. The summed E-state index contributed by atoms with van der Waals surface area (Å²) in [5.74, 6) is 0.663. The number of hydrogen-bond donors (Lipinski definition) is 1. The highest BCUT2D eigenvalue weighted by Gasteiger charge is 2.10. The van der Waals surface area contributed by atoms with Gasteiger partial charge in [-0.1, -0.05) is 78.9 Å². The van der Waals surface area contributed by atoms with Gasteiger partial charge in [0.2, 0.25) is 0 Å². The van der Waals surface area contributed by atoms with E-state index in [0.717, 1.165) is 34.5 Å². The molecular formula is C23H18N6. The van der Waals surface area contributed by atoms with Crippen molar-refractivity contribution in [3.8, 4) is 33.8 Å². The highest BCUT2D eigenvalue weighted by molar-refractivity contribution is 5.80. The zero-order valence-electron chi connectivity index (χ0n) is 15.6.